The maximum absolute atomic E-state index is 5.52. The van der Waals surface area contributed by atoms with Crippen LogP contribution < -0.4 is 10.1 Å². The van der Waals surface area contributed by atoms with E-state index in [0.29, 0.717) is 12.6 Å². The number of guanidine groups is 1. The van der Waals surface area contributed by atoms with Crippen LogP contribution in [0.1, 0.15) is 26.3 Å². The van der Waals surface area contributed by atoms with Gasteiger partial charge in [0.15, 0.2) is 5.96 Å². The third-order valence-corrected chi connectivity index (χ3v) is 5.02. The molecule has 1 N–H and O–H groups in total. The Morgan fingerprint density at radius 2 is 1.85 bits per heavy atom. The van der Waals surface area contributed by atoms with Gasteiger partial charge in [-0.3, -0.25) is 9.89 Å². The summed E-state index contributed by atoms with van der Waals surface area (Å²) in [6.45, 7) is 14.2. The zero-order chi connectivity index (χ0) is 19.6. The van der Waals surface area contributed by atoms with Crippen LogP contribution in [0, 0.1) is 0 Å². The van der Waals surface area contributed by atoms with Crippen molar-refractivity contribution in [1.29, 1.82) is 0 Å². The second-order valence-electron chi connectivity index (χ2n) is 7.32. The second kappa shape index (κ2) is 11.1. The van der Waals surface area contributed by atoms with Crippen LogP contribution in [-0.4, -0.2) is 86.7 Å². The molecule has 152 valence electrons. The monoisotopic (exact) mass is 375 g/mol. The summed E-state index contributed by atoms with van der Waals surface area (Å²) >= 11 is 0. The fraction of sp³-hybridized carbons (Fsp3) is 0.667. The fourth-order valence-corrected chi connectivity index (χ4v) is 3.27. The molecule has 27 heavy (non-hydrogen) atoms. The van der Waals surface area contributed by atoms with Gasteiger partial charge in [0.25, 0.3) is 0 Å². The number of ether oxygens (including phenoxy) is 1. The molecular formula is C21H37N5O. The Balaban J connectivity index is 1.92. The summed E-state index contributed by atoms with van der Waals surface area (Å²) in [7, 11) is 4.29. The summed E-state index contributed by atoms with van der Waals surface area (Å²) in [5, 5.41) is 3.42. The number of likely N-dealkylation sites (N-methyl/N-ethyl adjacent to an activating group) is 1. The van der Waals surface area contributed by atoms with Crippen LogP contribution in [0.5, 0.6) is 5.75 Å². The number of nitrogens with one attached hydrogen (secondary N) is 1. The van der Waals surface area contributed by atoms with Crippen LogP contribution in [-0.2, 0) is 6.54 Å². The first-order valence-corrected chi connectivity index (χ1v) is 10.2. The largest absolute Gasteiger partial charge is 0.494 e. The molecule has 0 aliphatic carbocycles. The van der Waals surface area contributed by atoms with E-state index in [-0.39, 0.29) is 0 Å². The Labute approximate surface area is 165 Å². The molecule has 1 aliphatic heterocycles. The molecule has 1 aromatic rings. The van der Waals surface area contributed by atoms with Crippen LogP contribution in [0.2, 0.25) is 0 Å². The number of hydrogen-bond acceptors (Lipinski definition) is 4. The molecule has 1 unspecified atom stereocenters. The van der Waals surface area contributed by atoms with Gasteiger partial charge >= 0.3 is 0 Å². The molecule has 0 bridgehead atoms. The van der Waals surface area contributed by atoms with Gasteiger partial charge in [-0.2, -0.15) is 0 Å². The van der Waals surface area contributed by atoms with Gasteiger partial charge in [0.2, 0.25) is 0 Å². The average molecular weight is 376 g/mol. The topological polar surface area (TPSA) is 43.3 Å². The van der Waals surface area contributed by atoms with Gasteiger partial charge in [-0.25, -0.2) is 0 Å². The molecule has 1 aromatic carbocycles. The first-order chi connectivity index (χ1) is 13.0. The number of aliphatic imine (C=N–C) groups is 1. The Hall–Kier alpha value is -1.79. The highest BCUT2D eigenvalue weighted by atomic mass is 16.5. The predicted molar refractivity (Wildman–Crippen MR) is 114 cm³/mol. The first-order valence-electron chi connectivity index (χ1n) is 10.2. The lowest BCUT2D eigenvalue weighted by atomic mass is 10.2. The van der Waals surface area contributed by atoms with Crippen molar-refractivity contribution in [3.63, 3.8) is 0 Å². The van der Waals surface area contributed by atoms with E-state index in [9.17, 15) is 0 Å². The van der Waals surface area contributed by atoms with E-state index in [1.54, 1.807) is 0 Å². The lowest BCUT2D eigenvalue weighted by Crippen LogP contribution is -2.49. The zero-order valence-corrected chi connectivity index (χ0v) is 17.7. The van der Waals surface area contributed by atoms with Crippen molar-refractivity contribution < 1.29 is 4.74 Å². The molecule has 1 fully saturated rings. The van der Waals surface area contributed by atoms with Crippen LogP contribution >= 0.6 is 0 Å². The Kier molecular flexibility index (Phi) is 8.88. The minimum atomic E-state index is 0.464. The third kappa shape index (κ3) is 7.03. The van der Waals surface area contributed by atoms with Gasteiger partial charge in [0, 0.05) is 52.4 Å². The van der Waals surface area contributed by atoms with E-state index >= 15 is 0 Å². The fourth-order valence-electron chi connectivity index (χ4n) is 3.27. The molecule has 0 spiro atoms. The van der Waals surface area contributed by atoms with E-state index in [0.717, 1.165) is 57.5 Å². The van der Waals surface area contributed by atoms with Gasteiger partial charge in [0.1, 0.15) is 5.75 Å². The molecule has 6 heteroatoms. The van der Waals surface area contributed by atoms with Gasteiger partial charge in [-0.1, -0.05) is 12.1 Å². The first kappa shape index (κ1) is 21.5. The highest BCUT2D eigenvalue weighted by Gasteiger charge is 2.19. The molecule has 1 aliphatic rings. The highest BCUT2D eigenvalue weighted by Crippen LogP contribution is 2.13. The van der Waals surface area contributed by atoms with E-state index in [4.69, 9.17) is 9.73 Å². The van der Waals surface area contributed by atoms with Gasteiger partial charge < -0.3 is 19.9 Å². The Morgan fingerprint density at radius 3 is 2.44 bits per heavy atom. The molecule has 2 rings (SSSR count). The van der Waals surface area contributed by atoms with Crippen molar-refractivity contribution in [2.24, 2.45) is 4.99 Å². The molecule has 0 aromatic heterocycles. The molecule has 1 heterocycles. The summed E-state index contributed by atoms with van der Waals surface area (Å²) < 4.78 is 5.52. The highest BCUT2D eigenvalue weighted by molar-refractivity contribution is 5.79. The van der Waals surface area contributed by atoms with E-state index in [1.807, 2.05) is 19.1 Å². The van der Waals surface area contributed by atoms with Gasteiger partial charge in [-0.05, 0) is 45.5 Å². The molecular weight excluding hydrogens is 338 g/mol. The van der Waals surface area contributed by atoms with Crippen LogP contribution in [0.3, 0.4) is 0 Å². The third-order valence-electron chi connectivity index (χ3n) is 5.02. The van der Waals surface area contributed by atoms with Crippen LogP contribution in [0.15, 0.2) is 29.3 Å². The van der Waals surface area contributed by atoms with Crippen LogP contribution in [0.25, 0.3) is 0 Å². The van der Waals surface area contributed by atoms with Gasteiger partial charge in [-0.15, -0.1) is 0 Å². The van der Waals surface area contributed by atoms with Crippen molar-refractivity contribution in [3.05, 3.63) is 29.8 Å². The summed E-state index contributed by atoms with van der Waals surface area (Å²) in [5.41, 5.74) is 1.25. The van der Waals surface area contributed by atoms with E-state index in [1.165, 1.54) is 5.56 Å². The number of hydrogen-bond donors (Lipinski definition) is 1. The minimum Gasteiger partial charge on any atom is -0.494 e. The summed E-state index contributed by atoms with van der Waals surface area (Å²) in [5.74, 6) is 1.89. The maximum Gasteiger partial charge on any atom is 0.194 e. The number of piperazine rings is 1. The molecule has 1 saturated heterocycles. The van der Waals surface area contributed by atoms with Crippen molar-refractivity contribution in [2.45, 2.75) is 33.4 Å². The average Bonchev–Trinajstić information content (AvgIpc) is 2.67. The molecule has 0 radical (unpaired) electrons. The quantitative estimate of drug-likeness (QED) is 0.557. The normalized spacial score (nSPS) is 17.6. The zero-order valence-electron chi connectivity index (χ0n) is 17.7. The van der Waals surface area contributed by atoms with Crippen molar-refractivity contribution >= 4 is 5.96 Å². The van der Waals surface area contributed by atoms with Crippen molar-refractivity contribution in [3.8, 4) is 5.75 Å². The van der Waals surface area contributed by atoms with E-state index in [2.05, 4.69) is 60.1 Å². The standard InChI is InChI=1S/C21H37N5O/c1-6-22-21(23-16-18(3)26-14-12-24(4)13-15-26)25(5)17-19-8-10-20(11-9-19)27-7-2/h8-11,18H,6-7,12-17H2,1-5H3,(H,22,23). The molecule has 0 amide bonds. The summed E-state index contributed by atoms with van der Waals surface area (Å²) in [6.07, 6.45) is 0. The number of rotatable bonds is 8. The maximum atomic E-state index is 5.52. The van der Waals surface area contributed by atoms with Gasteiger partial charge in [0.05, 0.1) is 13.2 Å². The molecule has 1 atom stereocenters. The molecule has 0 saturated carbocycles. The summed E-state index contributed by atoms with van der Waals surface area (Å²) in [6, 6.07) is 8.78. The smallest absolute Gasteiger partial charge is 0.194 e. The SMILES string of the molecule is CCNC(=NCC(C)N1CCN(C)CC1)N(C)Cc1ccc(OCC)cc1. The van der Waals surface area contributed by atoms with Crippen LogP contribution in [0.4, 0.5) is 0 Å². The number of benzene rings is 1. The van der Waals surface area contributed by atoms with Crippen molar-refractivity contribution in [1.82, 2.24) is 20.0 Å². The Morgan fingerprint density at radius 1 is 1.19 bits per heavy atom. The second-order valence-corrected chi connectivity index (χ2v) is 7.32. The van der Waals surface area contributed by atoms with E-state index < -0.39 is 0 Å². The number of nitrogens with zero attached hydrogens (tertiary/aromatic N) is 4. The Bertz CT molecular complexity index is 566. The van der Waals surface area contributed by atoms with Crippen molar-refractivity contribution in [2.75, 3.05) is 60.0 Å². The predicted octanol–water partition coefficient (Wildman–Crippen LogP) is 2.12. The lowest BCUT2D eigenvalue weighted by molar-refractivity contribution is 0.122. The molecule has 6 nitrogen and oxygen atoms in total. The summed E-state index contributed by atoms with van der Waals surface area (Å²) in [4.78, 5) is 12.0. The minimum absolute atomic E-state index is 0.464. The lowest BCUT2D eigenvalue weighted by Gasteiger charge is -2.36.